The summed E-state index contributed by atoms with van der Waals surface area (Å²) in [5, 5.41) is 0. The fourth-order valence-corrected chi connectivity index (χ4v) is 2.20. The molecule has 134 valence electrons. The van der Waals surface area contributed by atoms with Crippen LogP contribution in [0, 0.1) is 6.92 Å². The van der Waals surface area contributed by atoms with Gasteiger partial charge in [-0.2, -0.15) is 0 Å². The van der Waals surface area contributed by atoms with Gasteiger partial charge in [-0.05, 0) is 17.7 Å². The lowest BCUT2D eigenvalue weighted by Crippen LogP contribution is -2.24. The monoisotopic (exact) mass is 340 g/mol. The highest BCUT2D eigenvalue weighted by Crippen LogP contribution is 2.12. The Morgan fingerprint density at radius 1 is 1.04 bits per heavy atom. The normalized spacial score (nSPS) is 9.48. The van der Waals surface area contributed by atoms with Crippen molar-refractivity contribution in [3.63, 3.8) is 0 Å². The van der Waals surface area contributed by atoms with Crippen LogP contribution in [0.15, 0.2) is 59.0 Å². The molecule has 0 spiro atoms. The molecule has 0 aliphatic carbocycles. The van der Waals surface area contributed by atoms with E-state index in [4.69, 9.17) is 4.42 Å². The fraction of sp³-hybridized carbons (Fsp3) is 0.333. The number of aryl methyl sites for hydroxylation is 1. The van der Waals surface area contributed by atoms with E-state index in [-0.39, 0.29) is 5.91 Å². The van der Waals surface area contributed by atoms with Gasteiger partial charge >= 0.3 is 0 Å². The number of amides is 1. The van der Waals surface area contributed by atoms with Gasteiger partial charge in [0.1, 0.15) is 5.52 Å². The molecule has 0 N–H and O–H groups in total. The number of para-hydroxylation sites is 2. The molecule has 0 saturated heterocycles. The van der Waals surface area contributed by atoms with Gasteiger partial charge in [0.05, 0.1) is 0 Å². The molecular formula is C21H28N2O2. The van der Waals surface area contributed by atoms with Gasteiger partial charge in [0.2, 0.25) is 5.91 Å². The Bertz CT molecular complexity index is 718. The Morgan fingerprint density at radius 3 is 2.24 bits per heavy atom. The Kier molecular flexibility index (Phi) is 9.01. The molecule has 1 heterocycles. The van der Waals surface area contributed by atoms with Crippen LogP contribution in [0.1, 0.15) is 38.6 Å². The zero-order valence-electron chi connectivity index (χ0n) is 15.8. The maximum absolute atomic E-state index is 11.2. The van der Waals surface area contributed by atoms with Crippen LogP contribution in [0.2, 0.25) is 0 Å². The molecule has 0 bridgehead atoms. The average Bonchev–Trinajstić information content (AvgIpc) is 3.04. The lowest BCUT2D eigenvalue weighted by atomic mass is 10.2. The molecule has 0 radical (unpaired) electrons. The smallest absolute Gasteiger partial charge is 0.222 e. The molecule has 4 heteroatoms. The second-order valence-electron chi connectivity index (χ2n) is 5.29. The first kappa shape index (κ1) is 20.4. The highest BCUT2D eigenvalue weighted by molar-refractivity contribution is 5.75. The number of rotatable bonds is 3. The number of hydrogen-bond donors (Lipinski definition) is 0. The van der Waals surface area contributed by atoms with Crippen LogP contribution in [0.5, 0.6) is 0 Å². The SMILES string of the molecule is CC.CCC(=O)N(C)Cc1ccccc1.Cc1nc2ccccc2o1. The summed E-state index contributed by atoms with van der Waals surface area (Å²) in [6, 6.07) is 17.7. The van der Waals surface area contributed by atoms with Crippen molar-refractivity contribution in [2.75, 3.05) is 7.05 Å². The van der Waals surface area contributed by atoms with E-state index in [1.165, 1.54) is 5.56 Å². The maximum atomic E-state index is 11.2. The first-order chi connectivity index (χ1) is 12.1. The van der Waals surface area contributed by atoms with Gasteiger partial charge in [-0.15, -0.1) is 0 Å². The van der Waals surface area contributed by atoms with E-state index in [1.54, 1.807) is 4.90 Å². The van der Waals surface area contributed by atoms with E-state index >= 15 is 0 Å². The van der Waals surface area contributed by atoms with Gasteiger partial charge in [0.15, 0.2) is 11.5 Å². The highest BCUT2D eigenvalue weighted by atomic mass is 16.3. The van der Waals surface area contributed by atoms with E-state index < -0.39 is 0 Å². The lowest BCUT2D eigenvalue weighted by molar-refractivity contribution is -0.130. The Balaban J connectivity index is 0.000000233. The van der Waals surface area contributed by atoms with Crippen LogP contribution in [0.3, 0.4) is 0 Å². The molecular weight excluding hydrogens is 312 g/mol. The van der Waals surface area contributed by atoms with Gasteiger partial charge in [-0.3, -0.25) is 4.79 Å². The number of carbonyl (C=O) groups excluding carboxylic acids is 1. The number of aromatic nitrogens is 1. The minimum absolute atomic E-state index is 0.184. The predicted octanol–water partition coefficient (Wildman–Crippen LogP) is 5.22. The third-order valence-electron chi connectivity index (χ3n) is 3.39. The van der Waals surface area contributed by atoms with Crippen LogP contribution >= 0.6 is 0 Å². The van der Waals surface area contributed by atoms with Crippen molar-refractivity contribution in [1.82, 2.24) is 9.88 Å². The molecule has 3 aromatic rings. The summed E-state index contributed by atoms with van der Waals surface area (Å²) in [6.07, 6.45) is 0.573. The number of nitrogens with zero attached hydrogens (tertiary/aromatic N) is 2. The zero-order chi connectivity index (χ0) is 18.7. The second kappa shape index (κ2) is 11.0. The van der Waals surface area contributed by atoms with E-state index in [0.717, 1.165) is 17.0 Å². The molecule has 0 saturated carbocycles. The second-order valence-corrected chi connectivity index (χ2v) is 5.29. The van der Waals surface area contributed by atoms with Gasteiger partial charge in [-0.1, -0.05) is 63.2 Å². The lowest BCUT2D eigenvalue weighted by Gasteiger charge is -2.15. The van der Waals surface area contributed by atoms with Crippen LogP contribution in [-0.2, 0) is 11.3 Å². The molecule has 1 aromatic heterocycles. The first-order valence-corrected chi connectivity index (χ1v) is 8.70. The van der Waals surface area contributed by atoms with Gasteiger partial charge in [0.25, 0.3) is 0 Å². The Labute approximate surface area is 150 Å². The number of fused-ring (bicyclic) bond motifs is 1. The van der Waals surface area contributed by atoms with Crippen LogP contribution in [-0.4, -0.2) is 22.8 Å². The van der Waals surface area contributed by atoms with Crippen LogP contribution in [0.4, 0.5) is 0 Å². The molecule has 2 aromatic carbocycles. The number of hydrogen-bond acceptors (Lipinski definition) is 3. The van der Waals surface area contributed by atoms with E-state index in [9.17, 15) is 4.79 Å². The topological polar surface area (TPSA) is 46.3 Å². The van der Waals surface area contributed by atoms with Gasteiger partial charge < -0.3 is 9.32 Å². The number of oxazole rings is 1. The van der Waals surface area contributed by atoms with Crippen LogP contribution in [0.25, 0.3) is 11.1 Å². The summed E-state index contributed by atoms with van der Waals surface area (Å²) in [5.74, 6) is 0.907. The van der Waals surface area contributed by atoms with Crippen molar-refractivity contribution in [1.29, 1.82) is 0 Å². The van der Waals surface area contributed by atoms with E-state index in [1.807, 2.05) is 89.3 Å². The van der Waals surface area contributed by atoms with Crippen molar-refractivity contribution >= 4 is 17.0 Å². The molecule has 1 amide bonds. The standard InChI is InChI=1S/C11H15NO.C8H7NO.C2H6/c1-3-11(13)12(2)9-10-7-5-4-6-8-10;1-6-9-7-4-2-3-5-8(7)10-6;1-2/h4-8H,3,9H2,1-2H3;2-5H,1H3;1-2H3. The Hall–Kier alpha value is -2.62. The minimum atomic E-state index is 0.184. The third-order valence-corrected chi connectivity index (χ3v) is 3.39. The molecule has 0 fully saturated rings. The number of benzene rings is 2. The molecule has 3 rings (SSSR count). The van der Waals surface area contributed by atoms with E-state index in [2.05, 4.69) is 4.98 Å². The molecule has 0 aliphatic rings. The summed E-state index contributed by atoms with van der Waals surface area (Å²) in [5.41, 5.74) is 2.96. The quantitative estimate of drug-likeness (QED) is 0.657. The highest BCUT2D eigenvalue weighted by Gasteiger charge is 2.05. The summed E-state index contributed by atoms with van der Waals surface area (Å²) in [4.78, 5) is 17.1. The largest absolute Gasteiger partial charge is 0.441 e. The summed E-state index contributed by atoms with van der Waals surface area (Å²) in [6.45, 7) is 8.43. The Morgan fingerprint density at radius 2 is 1.64 bits per heavy atom. The average molecular weight is 340 g/mol. The number of carbonyl (C=O) groups is 1. The van der Waals surface area contributed by atoms with Crippen LogP contribution < -0.4 is 0 Å². The van der Waals surface area contributed by atoms with E-state index in [0.29, 0.717) is 13.0 Å². The maximum Gasteiger partial charge on any atom is 0.222 e. The third kappa shape index (κ3) is 6.79. The summed E-state index contributed by atoms with van der Waals surface area (Å²) < 4.78 is 5.26. The van der Waals surface area contributed by atoms with Crippen molar-refractivity contribution in [3.8, 4) is 0 Å². The van der Waals surface area contributed by atoms with Gasteiger partial charge in [0, 0.05) is 26.9 Å². The summed E-state index contributed by atoms with van der Waals surface area (Å²) >= 11 is 0. The molecule has 4 nitrogen and oxygen atoms in total. The molecule has 0 aliphatic heterocycles. The molecule has 0 unspecified atom stereocenters. The van der Waals surface area contributed by atoms with Gasteiger partial charge in [-0.25, -0.2) is 4.98 Å². The summed E-state index contributed by atoms with van der Waals surface area (Å²) in [7, 11) is 1.83. The first-order valence-electron chi connectivity index (χ1n) is 8.70. The molecule has 0 atom stereocenters. The van der Waals surface area contributed by atoms with Crippen molar-refractivity contribution in [3.05, 3.63) is 66.1 Å². The fourth-order valence-electron chi connectivity index (χ4n) is 2.20. The molecule has 25 heavy (non-hydrogen) atoms. The van der Waals surface area contributed by atoms with Crippen molar-refractivity contribution in [2.45, 2.75) is 40.7 Å². The predicted molar refractivity (Wildman–Crippen MR) is 103 cm³/mol. The minimum Gasteiger partial charge on any atom is -0.441 e. The zero-order valence-corrected chi connectivity index (χ0v) is 15.8. The van der Waals surface area contributed by atoms with Crippen molar-refractivity contribution < 1.29 is 9.21 Å². The van der Waals surface area contributed by atoms with Crippen molar-refractivity contribution in [2.24, 2.45) is 0 Å².